The molecule has 3 rings (SSSR count). The first-order valence-corrected chi connectivity index (χ1v) is 29.3. The first-order valence-electron chi connectivity index (χ1n) is 29.3. The van der Waals surface area contributed by atoms with Crippen LogP contribution >= 0.6 is 0 Å². The van der Waals surface area contributed by atoms with E-state index in [2.05, 4.69) is 42.5 Å². The van der Waals surface area contributed by atoms with E-state index in [4.69, 9.17) is 24.7 Å². The summed E-state index contributed by atoms with van der Waals surface area (Å²) in [6.45, 7) is 22.8. The Morgan fingerprint density at radius 1 is 0.388 bits per heavy atom. The number of amides is 8. The van der Waals surface area contributed by atoms with E-state index in [1.54, 1.807) is 0 Å². The Bertz CT molecular complexity index is 2110. The molecule has 0 aromatic heterocycles. The van der Waals surface area contributed by atoms with Crippen molar-refractivity contribution >= 4 is 53.2 Å². The van der Waals surface area contributed by atoms with Crippen molar-refractivity contribution in [2.45, 2.75) is 251 Å². The molecule has 3 aliphatic rings. The van der Waals surface area contributed by atoms with Crippen LogP contribution in [0.1, 0.15) is 179 Å². The maximum atomic E-state index is 14.9. The number of ether oxygens (including phenoxy) is 4. The Kier molecular flexibility index (Phi) is 27.3. The van der Waals surface area contributed by atoms with E-state index in [9.17, 15) is 43.2 Å². The fraction of sp³-hybridized carbons (Fsp3) is 0.845. The van der Waals surface area contributed by atoms with Gasteiger partial charge < -0.3 is 67.2 Å². The zero-order valence-electron chi connectivity index (χ0n) is 51.2. The molecule has 0 radical (unpaired) electrons. The van der Waals surface area contributed by atoms with Crippen molar-refractivity contribution in [3.8, 4) is 0 Å². The van der Waals surface area contributed by atoms with Crippen LogP contribution in [0.15, 0.2) is 0 Å². The van der Waals surface area contributed by atoms with Gasteiger partial charge in [0.1, 0.15) is 46.8 Å². The number of nitrogens with two attached hydrogens (primary N) is 1. The molecule has 3 fully saturated rings. The van der Waals surface area contributed by atoms with Gasteiger partial charge in [-0.1, -0.05) is 83.1 Å². The normalized spacial score (nSPS) is 25.2. The van der Waals surface area contributed by atoms with E-state index in [1.165, 1.54) is 28.4 Å². The predicted molar refractivity (Wildman–Crippen MR) is 303 cm³/mol. The highest BCUT2D eigenvalue weighted by Crippen LogP contribution is 2.36. The molecule has 0 aliphatic heterocycles. The molecule has 0 bridgehead atoms. The standard InChI is InChI=1S/C58H103N9O13/c1-32(2)23-41(59)47(68)60-44(26-35(7)8)50(71)65-56(20-17-38(29-56)77-13)53(74)63-42(24-33(3)4)48(69)61-45(27-36(9)10)51(72)66-57(21-18-39(30-57)78-14)54(75)64-43(25-34(5)6)49(70)62-46(28-37(11)12)52(73)67-58(55(76)80-16)22-19-40(31-58)79-15/h32-46H,17-31,59H2,1-16H3,(H,60,68)(H,61,69)(H,62,70)(H,63,74)(H,64,75)(H,65,71)(H,66,72)(H,67,73)/t38-,39-,40-,41-,42-,43-,44-,45-,46-,56-,57-,58-/m0/s1. The van der Waals surface area contributed by atoms with Crippen LogP contribution in [0.3, 0.4) is 0 Å². The van der Waals surface area contributed by atoms with Crippen molar-refractivity contribution in [2.24, 2.45) is 41.2 Å². The van der Waals surface area contributed by atoms with Gasteiger partial charge in [0.2, 0.25) is 47.3 Å². The molecule has 458 valence electrons. The quantitative estimate of drug-likeness (QED) is 0.0437. The Hall–Kier alpha value is -4.93. The third-order valence-electron chi connectivity index (χ3n) is 15.7. The van der Waals surface area contributed by atoms with Crippen LogP contribution in [0.25, 0.3) is 0 Å². The lowest BCUT2D eigenvalue weighted by molar-refractivity contribution is -0.151. The number of hydrogen-bond acceptors (Lipinski definition) is 14. The van der Waals surface area contributed by atoms with Crippen LogP contribution in [-0.2, 0) is 62.1 Å². The highest BCUT2D eigenvalue weighted by Gasteiger charge is 2.52. The van der Waals surface area contributed by atoms with Crippen molar-refractivity contribution in [1.29, 1.82) is 0 Å². The maximum absolute atomic E-state index is 14.9. The molecule has 0 unspecified atom stereocenters. The van der Waals surface area contributed by atoms with Crippen molar-refractivity contribution in [3.05, 3.63) is 0 Å². The van der Waals surface area contributed by atoms with Gasteiger partial charge in [-0.3, -0.25) is 38.4 Å². The molecule has 3 aliphatic carbocycles. The van der Waals surface area contributed by atoms with Crippen LogP contribution in [0, 0.1) is 35.5 Å². The van der Waals surface area contributed by atoms with Gasteiger partial charge in [0.15, 0.2) is 0 Å². The third kappa shape index (κ3) is 20.2. The molecule has 22 heteroatoms. The Morgan fingerprint density at radius 3 is 0.925 bits per heavy atom. The number of carbonyl (C=O) groups is 9. The summed E-state index contributed by atoms with van der Waals surface area (Å²) in [4.78, 5) is 128. The van der Waals surface area contributed by atoms with E-state index in [0.717, 1.165) is 0 Å². The molecule has 0 heterocycles. The van der Waals surface area contributed by atoms with Crippen LogP contribution in [-0.4, -0.2) is 153 Å². The molecule has 0 saturated heterocycles. The number of hydrogen-bond donors (Lipinski definition) is 9. The summed E-state index contributed by atoms with van der Waals surface area (Å²) < 4.78 is 22.0. The van der Waals surface area contributed by atoms with E-state index in [1.807, 2.05) is 83.1 Å². The lowest BCUT2D eigenvalue weighted by atomic mass is 9.92. The molecular weight excluding hydrogens is 1030 g/mol. The Balaban J connectivity index is 1.94. The number of methoxy groups -OCH3 is 4. The van der Waals surface area contributed by atoms with Crippen molar-refractivity contribution < 1.29 is 62.1 Å². The zero-order valence-corrected chi connectivity index (χ0v) is 51.2. The smallest absolute Gasteiger partial charge is 0.331 e. The lowest BCUT2D eigenvalue weighted by Crippen LogP contribution is -2.66. The van der Waals surface area contributed by atoms with Crippen LogP contribution in [0.4, 0.5) is 0 Å². The average molecular weight is 1130 g/mol. The molecule has 0 aromatic carbocycles. The number of carbonyl (C=O) groups excluding carboxylic acids is 9. The fourth-order valence-electron chi connectivity index (χ4n) is 11.4. The minimum atomic E-state index is -1.60. The summed E-state index contributed by atoms with van der Waals surface area (Å²) in [6.07, 6.45) is 2.49. The minimum absolute atomic E-state index is 0.0126. The molecule has 12 atom stereocenters. The molecule has 8 amide bonds. The number of nitrogens with one attached hydrogen (secondary N) is 8. The van der Waals surface area contributed by atoms with E-state index in [0.29, 0.717) is 25.7 Å². The zero-order chi connectivity index (χ0) is 60.4. The van der Waals surface area contributed by atoms with Crippen LogP contribution in [0.5, 0.6) is 0 Å². The second-order valence-corrected chi connectivity index (χ2v) is 25.6. The summed E-state index contributed by atoms with van der Waals surface area (Å²) >= 11 is 0. The van der Waals surface area contributed by atoms with Gasteiger partial charge in [0.25, 0.3) is 0 Å². The summed E-state index contributed by atoms with van der Waals surface area (Å²) in [5.74, 6) is -5.79. The predicted octanol–water partition coefficient (Wildman–Crippen LogP) is 3.35. The SMILES string of the molecule is COC(=O)[C@]1(NC(=O)[C@H](CC(C)C)NC(=O)[C@H](CC(C)C)NC(=O)[C@]2(NC(=O)[C@H](CC(C)C)NC(=O)[C@H](CC(C)C)NC(=O)[C@]3(NC(=O)[C@H](CC(C)C)NC(=O)[C@@H](N)CC(C)C)CC[C@H](OC)C3)CC[C@H](OC)C2)CC[C@H](OC)C1. The summed E-state index contributed by atoms with van der Waals surface area (Å²) in [5.41, 5.74) is 1.73. The molecule has 0 aromatic rings. The summed E-state index contributed by atoms with van der Waals surface area (Å²) in [5, 5.41) is 23.3. The Labute approximate surface area is 476 Å². The van der Waals surface area contributed by atoms with Gasteiger partial charge in [-0.05, 0) is 113 Å². The molecule has 3 saturated carbocycles. The highest BCUT2D eigenvalue weighted by molar-refractivity contribution is 6.00. The molecule has 80 heavy (non-hydrogen) atoms. The molecular formula is C58H103N9O13. The first-order chi connectivity index (χ1) is 37.4. The second-order valence-electron chi connectivity index (χ2n) is 25.6. The van der Waals surface area contributed by atoms with Crippen molar-refractivity contribution in [2.75, 3.05) is 28.4 Å². The molecule has 10 N–H and O–H groups in total. The second kappa shape index (κ2) is 31.5. The number of rotatable bonds is 32. The van der Waals surface area contributed by atoms with Crippen LogP contribution in [0.2, 0.25) is 0 Å². The summed E-state index contributed by atoms with van der Waals surface area (Å²) in [6, 6.07) is -6.47. The maximum Gasteiger partial charge on any atom is 0.331 e. The number of esters is 1. The minimum Gasteiger partial charge on any atom is -0.467 e. The molecule has 22 nitrogen and oxygen atoms in total. The largest absolute Gasteiger partial charge is 0.467 e. The van der Waals surface area contributed by atoms with E-state index >= 15 is 0 Å². The van der Waals surface area contributed by atoms with Gasteiger partial charge >= 0.3 is 5.97 Å². The van der Waals surface area contributed by atoms with Gasteiger partial charge in [0.05, 0.1) is 31.5 Å². The summed E-state index contributed by atoms with van der Waals surface area (Å²) in [7, 11) is 5.82. The average Bonchev–Trinajstić information content (AvgIpc) is 4.12. The van der Waals surface area contributed by atoms with Crippen molar-refractivity contribution in [3.63, 3.8) is 0 Å². The monoisotopic (exact) mass is 1130 g/mol. The lowest BCUT2D eigenvalue weighted by Gasteiger charge is -2.35. The van der Waals surface area contributed by atoms with Gasteiger partial charge in [-0.25, -0.2) is 4.79 Å². The highest BCUT2D eigenvalue weighted by atomic mass is 16.5. The van der Waals surface area contributed by atoms with Gasteiger partial charge in [-0.15, -0.1) is 0 Å². The van der Waals surface area contributed by atoms with Crippen LogP contribution < -0.4 is 48.3 Å². The topological polar surface area (TPSA) is 313 Å². The van der Waals surface area contributed by atoms with Gasteiger partial charge in [0, 0.05) is 40.6 Å². The van der Waals surface area contributed by atoms with Crippen molar-refractivity contribution in [1.82, 2.24) is 42.5 Å². The Morgan fingerprint density at radius 2 is 0.650 bits per heavy atom. The fourth-order valence-corrected chi connectivity index (χ4v) is 11.4. The molecule has 0 spiro atoms. The van der Waals surface area contributed by atoms with E-state index < -0.39 is 118 Å². The first kappa shape index (κ1) is 69.3. The third-order valence-corrected chi connectivity index (χ3v) is 15.7. The van der Waals surface area contributed by atoms with E-state index in [-0.39, 0.29) is 112 Å². The van der Waals surface area contributed by atoms with Gasteiger partial charge in [-0.2, -0.15) is 0 Å².